The van der Waals surface area contributed by atoms with Crippen LogP contribution in [0.3, 0.4) is 0 Å². The molecule has 0 saturated carbocycles. The van der Waals surface area contributed by atoms with Crippen LogP contribution in [0.5, 0.6) is 0 Å². The number of aliphatic carboxylic acids is 1. The Kier molecular flexibility index (Phi) is 3.86. The van der Waals surface area contributed by atoms with Crippen molar-refractivity contribution in [1.29, 1.82) is 0 Å². The van der Waals surface area contributed by atoms with Crippen molar-refractivity contribution >= 4 is 27.6 Å². The highest BCUT2D eigenvalue weighted by molar-refractivity contribution is 9.10. The third-order valence-corrected chi connectivity index (χ3v) is 4.26. The van der Waals surface area contributed by atoms with Crippen molar-refractivity contribution in [2.45, 2.75) is 12.8 Å². The molecule has 0 aliphatic carbocycles. The summed E-state index contributed by atoms with van der Waals surface area (Å²) in [6.45, 7) is 0.538. The van der Waals surface area contributed by atoms with Gasteiger partial charge in [-0.3, -0.25) is 14.9 Å². The second-order valence-corrected chi connectivity index (χ2v) is 5.37. The zero-order valence-electron chi connectivity index (χ0n) is 9.97. The fourth-order valence-electron chi connectivity index (χ4n) is 2.20. The molecule has 0 aromatic heterocycles. The predicted molar refractivity (Wildman–Crippen MR) is 70.0 cm³/mol. The molecule has 6 nitrogen and oxygen atoms in total. The molecule has 1 aliphatic heterocycles. The lowest BCUT2D eigenvalue weighted by molar-refractivity contribution is -0.385. The van der Waals surface area contributed by atoms with Crippen LogP contribution < -0.4 is 0 Å². The van der Waals surface area contributed by atoms with Gasteiger partial charge in [0.15, 0.2) is 0 Å². The number of carbonyl (C=O) groups is 1. The first kappa shape index (κ1) is 14.0. The van der Waals surface area contributed by atoms with E-state index in [9.17, 15) is 20.0 Å². The van der Waals surface area contributed by atoms with Gasteiger partial charge in [0.05, 0.1) is 21.4 Å². The van der Waals surface area contributed by atoms with Crippen LogP contribution in [-0.2, 0) is 16.0 Å². The molecule has 1 N–H and O–H groups in total. The molecule has 0 radical (unpaired) electrons. The Morgan fingerprint density at radius 2 is 2.32 bits per heavy atom. The molecule has 1 fully saturated rings. The van der Waals surface area contributed by atoms with Gasteiger partial charge in [0.1, 0.15) is 0 Å². The standard InChI is InChI=1S/C12H12BrNO5/c13-10-8(2-1-3-9(10)14(17)18)6-12(11(15)16)4-5-19-7-12/h1-3H,4-7H2,(H,15,16). The molecule has 102 valence electrons. The molecular formula is C12H12BrNO5. The number of hydrogen-bond donors (Lipinski definition) is 1. The van der Waals surface area contributed by atoms with Crippen molar-refractivity contribution in [3.63, 3.8) is 0 Å². The van der Waals surface area contributed by atoms with Crippen molar-refractivity contribution in [2.24, 2.45) is 5.41 Å². The van der Waals surface area contributed by atoms with E-state index < -0.39 is 16.3 Å². The summed E-state index contributed by atoms with van der Waals surface area (Å²) in [5.41, 5.74) is -0.434. The Balaban J connectivity index is 2.35. The highest BCUT2D eigenvalue weighted by atomic mass is 79.9. The van der Waals surface area contributed by atoms with Crippen molar-refractivity contribution in [3.05, 3.63) is 38.3 Å². The minimum absolute atomic E-state index is 0.0584. The molecule has 2 rings (SSSR count). The van der Waals surface area contributed by atoms with Gasteiger partial charge in [0, 0.05) is 12.7 Å². The average Bonchev–Trinajstić information content (AvgIpc) is 2.81. The lowest BCUT2D eigenvalue weighted by atomic mass is 9.81. The van der Waals surface area contributed by atoms with E-state index in [0.717, 1.165) is 0 Å². The van der Waals surface area contributed by atoms with E-state index in [-0.39, 0.29) is 18.7 Å². The van der Waals surface area contributed by atoms with Crippen LogP contribution in [0.2, 0.25) is 0 Å². The zero-order valence-corrected chi connectivity index (χ0v) is 11.6. The first-order chi connectivity index (χ1) is 8.96. The maximum Gasteiger partial charge on any atom is 0.312 e. The lowest BCUT2D eigenvalue weighted by Crippen LogP contribution is -2.34. The van der Waals surface area contributed by atoms with Gasteiger partial charge in [-0.2, -0.15) is 0 Å². The predicted octanol–water partition coefficient (Wildman–Crippen LogP) is 2.39. The van der Waals surface area contributed by atoms with Crippen LogP contribution in [0.1, 0.15) is 12.0 Å². The zero-order chi connectivity index (χ0) is 14.0. The Hall–Kier alpha value is -1.47. The van der Waals surface area contributed by atoms with Crippen LogP contribution in [0.25, 0.3) is 0 Å². The van der Waals surface area contributed by atoms with Crippen molar-refractivity contribution < 1.29 is 19.6 Å². The monoisotopic (exact) mass is 329 g/mol. The molecule has 1 aromatic carbocycles. The first-order valence-corrected chi connectivity index (χ1v) is 6.48. The van der Waals surface area contributed by atoms with E-state index in [2.05, 4.69) is 15.9 Å². The minimum Gasteiger partial charge on any atom is -0.481 e. The van der Waals surface area contributed by atoms with Crippen LogP contribution >= 0.6 is 15.9 Å². The van der Waals surface area contributed by atoms with E-state index in [1.54, 1.807) is 12.1 Å². The van der Waals surface area contributed by atoms with Crippen molar-refractivity contribution in [2.75, 3.05) is 13.2 Å². The summed E-state index contributed by atoms with van der Waals surface area (Å²) >= 11 is 3.19. The van der Waals surface area contributed by atoms with Gasteiger partial charge in [-0.05, 0) is 34.3 Å². The number of nitro benzene ring substituents is 1. The van der Waals surface area contributed by atoms with E-state index in [1.807, 2.05) is 0 Å². The number of carboxylic acid groups (broad SMARTS) is 1. The van der Waals surface area contributed by atoms with Crippen molar-refractivity contribution in [1.82, 2.24) is 0 Å². The number of rotatable bonds is 4. The second-order valence-electron chi connectivity index (χ2n) is 4.57. The molecule has 0 amide bonds. The molecule has 19 heavy (non-hydrogen) atoms. The number of halogens is 1. The van der Waals surface area contributed by atoms with Crippen LogP contribution in [0.4, 0.5) is 5.69 Å². The normalized spacial score (nSPS) is 22.4. The van der Waals surface area contributed by atoms with Gasteiger partial charge >= 0.3 is 5.97 Å². The number of carboxylic acids is 1. The first-order valence-electron chi connectivity index (χ1n) is 5.69. The van der Waals surface area contributed by atoms with Gasteiger partial charge in [0.2, 0.25) is 0 Å². The third kappa shape index (κ3) is 2.62. The minimum atomic E-state index is -0.988. The van der Waals surface area contributed by atoms with Crippen LogP contribution in [0.15, 0.2) is 22.7 Å². The topological polar surface area (TPSA) is 89.7 Å². The number of ether oxygens (including phenoxy) is 1. The number of nitrogens with zero attached hydrogens (tertiary/aromatic N) is 1. The van der Waals surface area contributed by atoms with Crippen molar-refractivity contribution in [3.8, 4) is 0 Å². The molecule has 1 atom stereocenters. The average molecular weight is 330 g/mol. The van der Waals surface area contributed by atoms with Crippen LogP contribution in [0, 0.1) is 15.5 Å². The van der Waals surface area contributed by atoms with Gasteiger partial charge in [-0.1, -0.05) is 12.1 Å². The molecule has 0 spiro atoms. The molecule has 7 heteroatoms. The summed E-state index contributed by atoms with van der Waals surface area (Å²) in [6.07, 6.45) is 0.627. The fourth-order valence-corrected chi connectivity index (χ4v) is 2.75. The Morgan fingerprint density at radius 1 is 1.58 bits per heavy atom. The third-order valence-electron chi connectivity index (χ3n) is 3.34. The second kappa shape index (κ2) is 5.26. The largest absolute Gasteiger partial charge is 0.481 e. The van der Waals surface area contributed by atoms with Gasteiger partial charge in [-0.15, -0.1) is 0 Å². The molecule has 1 aliphatic rings. The van der Waals surface area contributed by atoms with E-state index >= 15 is 0 Å². The quantitative estimate of drug-likeness (QED) is 0.676. The smallest absolute Gasteiger partial charge is 0.312 e. The summed E-state index contributed by atoms with van der Waals surface area (Å²) in [5.74, 6) is -0.927. The summed E-state index contributed by atoms with van der Waals surface area (Å²) in [6, 6.07) is 4.63. The van der Waals surface area contributed by atoms with Gasteiger partial charge in [-0.25, -0.2) is 0 Å². The summed E-state index contributed by atoms with van der Waals surface area (Å²) in [4.78, 5) is 21.8. The summed E-state index contributed by atoms with van der Waals surface area (Å²) in [7, 11) is 0. The van der Waals surface area contributed by atoms with Crippen LogP contribution in [-0.4, -0.2) is 29.2 Å². The number of nitro groups is 1. The molecule has 1 unspecified atom stereocenters. The Morgan fingerprint density at radius 3 is 2.84 bits per heavy atom. The van der Waals surface area contributed by atoms with Gasteiger partial charge in [0.25, 0.3) is 5.69 Å². The Labute approximate surface area is 117 Å². The highest BCUT2D eigenvalue weighted by Crippen LogP contribution is 2.37. The summed E-state index contributed by atoms with van der Waals surface area (Å²) < 4.78 is 5.52. The highest BCUT2D eigenvalue weighted by Gasteiger charge is 2.43. The molecule has 1 heterocycles. The molecular weight excluding hydrogens is 318 g/mol. The van der Waals surface area contributed by atoms with E-state index in [1.165, 1.54) is 6.07 Å². The SMILES string of the molecule is O=C(O)C1(Cc2cccc([N+](=O)[O-])c2Br)CCOC1. The lowest BCUT2D eigenvalue weighted by Gasteiger charge is -2.22. The number of hydrogen-bond acceptors (Lipinski definition) is 4. The maximum atomic E-state index is 11.4. The molecule has 0 bridgehead atoms. The molecule has 1 aromatic rings. The number of benzene rings is 1. The van der Waals surface area contributed by atoms with E-state index in [4.69, 9.17) is 4.74 Å². The summed E-state index contributed by atoms with van der Waals surface area (Å²) in [5, 5.41) is 20.2. The van der Waals surface area contributed by atoms with Gasteiger partial charge < -0.3 is 9.84 Å². The molecule has 1 saturated heterocycles. The Bertz CT molecular complexity index is 525. The maximum absolute atomic E-state index is 11.4. The van der Waals surface area contributed by atoms with E-state index in [0.29, 0.717) is 23.1 Å². The fraction of sp³-hybridized carbons (Fsp3) is 0.417.